The van der Waals surface area contributed by atoms with E-state index in [1.165, 1.54) is 24.3 Å². The molecule has 0 spiro atoms. The second-order valence-electron chi connectivity index (χ2n) is 7.26. The zero-order valence-corrected chi connectivity index (χ0v) is 19.6. The highest BCUT2D eigenvalue weighted by Crippen LogP contribution is 2.20. The summed E-state index contributed by atoms with van der Waals surface area (Å²) >= 11 is 0. The van der Waals surface area contributed by atoms with Crippen LogP contribution in [0.3, 0.4) is 0 Å². The van der Waals surface area contributed by atoms with Gasteiger partial charge in [-0.3, -0.25) is 4.55 Å². The molecule has 0 aromatic heterocycles. The van der Waals surface area contributed by atoms with Gasteiger partial charge in [-0.25, -0.2) is 8.42 Å². The van der Waals surface area contributed by atoms with E-state index in [0.29, 0.717) is 12.8 Å². The Kier molecular flexibility index (Phi) is 9.48. The Labute approximate surface area is 194 Å². The number of aryl methyl sites for hydroxylation is 2. The lowest BCUT2D eigenvalue weighted by Gasteiger charge is -2.08. The summed E-state index contributed by atoms with van der Waals surface area (Å²) in [5.41, 5.74) is 7.85. The first-order valence-corrected chi connectivity index (χ1v) is 12.9. The van der Waals surface area contributed by atoms with E-state index in [4.69, 9.17) is 10.3 Å². The molecule has 0 bridgehead atoms. The first-order chi connectivity index (χ1) is 15.5. The standard InChI is InChI=1S/C17H18FNO2S.C7H8O3S/c18-17(22(20,21)16-9-5-2-6-10-16)13-15(19)12-11-14-7-3-1-4-8-14;1-6-2-4-7(5-3-6)11(8,9)10/h1-10,13,15H,11-12,19H2;2-5H,1H3,(H,8,9,10)/t15-;/m0./s1. The number of halogens is 1. The summed E-state index contributed by atoms with van der Waals surface area (Å²) in [7, 11) is -8.12. The number of hydrogen-bond donors (Lipinski definition) is 2. The topological polar surface area (TPSA) is 115 Å². The molecule has 1 atom stereocenters. The minimum atomic E-state index is -4.10. The first kappa shape index (κ1) is 26.4. The number of benzene rings is 3. The van der Waals surface area contributed by atoms with Crippen LogP contribution in [0, 0.1) is 6.92 Å². The van der Waals surface area contributed by atoms with Crippen molar-refractivity contribution in [3.63, 3.8) is 0 Å². The third-order valence-corrected chi connectivity index (χ3v) is 6.99. The summed E-state index contributed by atoms with van der Waals surface area (Å²) in [6.07, 6.45) is 2.12. The van der Waals surface area contributed by atoms with Gasteiger partial charge in [0.25, 0.3) is 10.1 Å². The van der Waals surface area contributed by atoms with Gasteiger partial charge in [0.1, 0.15) is 0 Å². The van der Waals surface area contributed by atoms with Gasteiger partial charge in [-0.1, -0.05) is 66.2 Å². The molecule has 3 aromatic carbocycles. The van der Waals surface area contributed by atoms with Gasteiger partial charge in [0.15, 0.2) is 0 Å². The largest absolute Gasteiger partial charge is 0.324 e. The molecule has 33 heavy (non-hydrogen) atoms. The van der Waals surface area contributed by atoms with Gasteiger partial charge in [-0.2, -0.15) is 12.8 Å². The summed E-state index contributed by atoms with van der Waals surface area (Å²) in [4.78, 5) is -0.137. The summed E-state index contributed by atoms with van der Waals surface area (Å²) in [6.45, 7) is 1.84. The highest BCUT2D eigenvalue weighted by Gasteiger charge is 2.21. The van der Waals surface area contributed by atoms with E-state index in [9.17, 15) is 21.2 Å². The molecule has 3 aromatic rings. The van der Waals surface area contributed by atoms with Crippen LogP contribution < -0.4 is 5.73 Å². The average molecular weight is 492 g/mol. The van der Waals surface area contributed by atoms with Gasteiger partial charge in [0.05, 0.1) is 9.79 Å². The predicted molar refractivity (Wildman–Crippen MR) is 127 cm³/mol. The molecule has 9 heteroatoms. The highest BCUT2D eigenvalue weighted by molar-refractivity contribution is 7.95. The zero-order valence-electron chi connectivity index (χ0n) is 18.0. The monoisotopic (exact) mass is 491 g/mol. The Morgan fingerprint density at radius 3 is 1.91 bits per heavy atom. The van der Waals surface area contributed by atoms with E-state index in [1.54, 1.807) is 30.3 Å². The molecule has 0 amide bonds. The first-order valence-electron chi connectivity index (χ1n) is 10.0. The number of nitrogens with two attached hydrogens (primary N) is 1. The van der Waals surface area contributed by atoms with Crippen LogP contribution >= 0.6 is 0 Å². The maximum absolute atomic E-state index is 14.0. The smallest absolute Gasteiger partial charge is 0.294 e. The van der Waals surface area contributed by atoms with E-state index < -0.39 is 31.2 Å². The second-order valence-corrected chi connectivity index (χ2v) is 10.6. The van der Waals surface area contributed by atoms with Crippen LogP contribution in [0.15, 0.2) is 106 Å². The lowest BCUT2D eigenvalue weighted by molar-refractivity contribution is 0.483. The average Bonchev–Trinajstić information content (AvgIpc) is 2.79. The molecule has 0 aliphatic heterocycles. The van der Waals surface area contributed by atoms with Crippen LogP contribution in [0.25, 0.3) is 0 Å². The van der Waals surface area contributed by atoms with Crippen molar-refractivity contribution in [3.05, 3.63) is 107 Å². The van der Waals surface area contributed by atoms with Crippen molar-refractivity contribution in [2.24, 2.45) is 5.73 Å². The van der Waals surface area contributed by atoms with Crippen molar-refractivity contribution < 1.29 is 25.8 Å². The molecule has 3 rings (SSSR count). The SMILES string of the molecule is Cc1ccc(S(=O)(=O)O)cc1.N[C@H](C=C(F)S(=O)(=O)c1ccccc1)CCc1ccccc1. The molecule has 0 saturated heterocycles. The molecule has 0 saturated carbocycles. The maximum Gasteiger partial charge on any atom is 0.294 e. The van der Waals surface area contributed by atoms with Crippen LogP contribution in [0.2, 0.25) is 0 Å². The Hall–Kier alpha value is -2.85. The van der Waals surface area contributed by atoms with Crippen molar-refractivity contribution in [1.29, 1.82) is 0 Å². The Morgan fingerprint density at radius 1 is 0.879 bits per heavy atom. The third kappa shape index (κ3) is 8.54. The third-order valence-electron chi connectivity index (χ3n) is 4.58. The summed E-state index contributed by atoms with van der Waals surface area (Å²) in [5, 5.41) is -1.20. The number of sulfone groups is 1. The fourth-order valence-electron chi connectivity index (χ4n) is 2.74. The Bertz CT molecular complexity index is 1260. The van der Waals surface area contributed by atoms with Gasteiger partial charge in [0.2, 0.25) is 15.0 Å². The van der Waals surface area contributed by atoms with Crippen LogP contribution in [0.5, 0.6) is 0 Å². The van der Waals surface area contributed by atoms with E-state index in [-0.39, 0.29) is 9.79 Å². The second kappa shape index (κ2) is 11.9. The van der Waals surface area contributed by atoms with Crippen molar-refractivity contribution in [2.75, 3.05) is 0 Å². The zero-order chi connectivity index (χ0) is 24.5. The molecule has 0 unspecified atom stereocenters. The van der Waals surface area contributed by atoms with Crippen molar-refractivity contribution in [2.45, 2.75) is 35.6 Å². The van der Waals surface area contributed by atoms with E-state index in [1.807, 2.05) is 37.3 Å². The summed E-state index contributed by atoms with van der Waals surface area (Å²) < 4.78 is 67.7. The molecule has 0 heterocycles. The molecule has 6 nitrogen and oxygen atoms in total. The molecule has 0 aliphatic carbocycles. The Balaban J connectivity index is 0.000000294. The van der Waals surface area contributed by atoms with Crippen molar-refractivity contribution in [3.8, 4) is 0 Å². The summed E-state index contributed by atoms with van der Waals surface area (Å²) in [5.74, 6) is 0. The molecule has 0 radical (unpaired) electrons. The predicted octanol–water partition coefficient (Wildman–Crippen LogP) is 4.47. The molecule has 0 aliphatic rings. The van der Waals surface area contributed by atoms with Crippen molar-refractivity contribution >= 4 is 20.0 Å². The van der Waals surface area contributed by atoms with Gasteiger partial charge >= 0.3 is 0 Å². The lowest BCUT2D eigenvalue weighted by Crippen LogP contribution is -2.19. The van der Waals surface area contributed by atoms with Crippen LogP contribution in [0.4, 0.5) is 4.39 Å². The number of rotatable bonds is 7. The lowest BCUT2D eigenvalue weighted by atomic mass is 10.1. The number of hydrogen-bond acceptors (Lipinski definition) is 5. The van der Waals surface area contributed by atoms with Crippen LogP contribution in [-0.4, -0.2) is 27.4 Å². The maximum atomic E-state index is 14.0. The molecule has 0 fully saturated rings. The molecule has 176 valence electrons. The van der Waals surface area contributed by atoms with Gasteiger partial charge in [0, 0.05) is 6.04 Å². The van der Waals surface area contributed by atoms with Gasteiger partial charge in [-0.15, -0.1) is 0 Å². The highest BCUT2D eigenvalue weighted by atomic mass is 32.2. The normalized spacial score (nSPS) is 13.0. The van der Waals surface area contributed by atoms with Crippen molar-refractivity contribution in [1.82, 2.24) is 0 Å². The van der Waals surface area contributed by atoms with Gasteiger partial charge in [-0.05, 0) is 55.7 Å². The molecular formula is C24H26FNO5S2. The summed E-state index contributed by atoms with van der Waals surface area (Å²) in [6, 6.07) is 22.5. The van der Waals surface area contributed by atoms with E-state index in [2.05, 4.69) is 0 Å². The van der Waals surface area contributed by atoms with Gasteiger partial charge < -0.3 is 5.73 Å². The Morgan fingerprint density at radius 2 is 1.39 bits per heavy atom. The van der Waals surface area contributed by atoms with Crippen LogP contribution in [-0.2, 0) is 26.4 Å². The van der Waals surface area contributed by atoms with E-state index >= 15 is 0 Å². The fraction of sp³-hybridized carbons (Fsp3) is 0.167. The molecular weight excluding hydrogens is 465 g/mol. The van der Waals surface area contributed by atoms with Crippen LogP contribution in [0.1, 0.15) is 17.5 Å². The minimum absolute atomic E-state index is 0.0666. The fourth-order valence-corrected chi connectivity index (χ4v) is 4.32. The van der Waals surface area contributed by atoms with E-state index in [0.717, 1.165) is 17.2 Å². The quantitative estimate of drug-likeness (QED) is 0.471. The molecule has 3 N–H and O–H groups in total. The minimum Gasteiger partial charge on any atom is -0.324 e.